The lowest BCUT2D eigenvalue weighted by molar-refractivity contribution is 0.112. The van der Waals surface area contributed by atoms with Crippen molar-refractivity contribution in [2.24, 2.45) is 0 Å². The fraction of sp³-hybridized carbons (Fsp3) is 0.118. The minimum absolute atomic E-state index is 0.322. The highest BCUT2D eigenvalue weighted by atomic mass is 19.1. The Balaban J connectivity index is 2.37. The zero-order valence-corrected chi connectivity index (χ0v) is 11.6. The summed E-state index contributed by atoms with van der Waals surface area (Å²) in [6.45, 7) is 3.86. The zero-order valence-electron chi connectivity index (χ0n) is 11.6. The maximum Gasteiger partial charge on any atom is 0.152 e. The number of rotatable bonds is 2. The van der Waals surface area contributed by atoms with Gasteiger partial charge in [-0.05, 0) is 43.2 Å². The van der Waals surface area contributed by atoms with Gasteiger partial charge in [0.2, 0.25) is 0 Å². The predicted octanol–water partition coefficient (Wildman–Crippen LogP) is 4.54. The molecule has 4 heteroatoms. The average molecular weight is 285 g/mol. The van der Waals surface area contributed by atoms with Crippen LogP contribution < -0.4 is 0 Å². The van der Waals surface area contributed by atoms with Gasteiger partial charge in [0.05, 0.1) is 5.69 Å². The van der Waals surface area contributed by atoms with Crippen molar-refractivity contribution in [2.45, 2.75) is 13.8 Å². The number of halogens is 2. The second-order valence-corrected chi connectivity index (χ2v) is 5.19. The van der Waals surface area contributed by atoms with Crippen molar-refractivity contribution in [3.8, 4) is 11.3 Å². The van der Waals surface area contributed by atoms with Gasteiger partial charge >= 0.3 is 0 Å². The van der Waals surface area contributed by atoms with Crippen LogP contribution in [0.4, 0.5) is 8.78 Å². The van der Waals surface area contributed by atoms with Gasteiger partial charge in [-0.2, -0.15) is 0 Å². The molecule has 1 heterocycles. The Hall–Kier alpha value is -2.49. The molecule has 0 atom stereocenters. The van der Waals surface area contributed by atoms with Crippen LogP contribution >= 0.6 is 0 Å². The van der Waals surface area contributed by atoms with E-state index in [1.165, 1.54) is 12.1 Å². The van der Waals surface area contributed by atoms with Crippen molar-refractivity contribution in [2.75, 3.05) is 0 Å². The molecule has 0 spiro atoms. The van der Waals surface area contributed by atoms with Crippen LogP contribution in [0.15, 0.2) is 30.3 Å². The van der Waals surface area contributed by atoms with Crippen molar-refractivity contribution >= 4 is 17.2 Å². The van der Waals surface area contributed by atoms with Crippen LogP contribution in [0, 0.1) is 25.5 Å². The SMILES string of the molecule is Cc1cc(C)c2c(C=O)c(-c3cc(F)cc(F)c3)[nH]c2c1. The largest absolute Gasteiger partial charge is 0.354 e. The fourth-order valence-corrected chi connectivity index (χ4v) is 2.79. The molecule has 0 unspecified atom stereocenters. The molecule has 0 aliphatic rings. The van der Waals surface area contributed by atoms with Crippen LogP contribution in [-0.2, 0) is 0 Å². The monoisotopic (exact) mass is 285 g/mol. The van der Waals surface area contributed by atoms with E-state index < -0.39 is 11.6 Å². The molecule has 0 saturated heterocycles. The lowest BCUT2D eigenvalue weighted by Crippen LogP contribution is -1.88. The van der Waals surface area contributed by atoms with E-state index in [2.05, 4.69) is 4.98 Å². The highest BCUT2D eigenvalue weighted by Gasteiger charge is 2.16. The van der Waals surface area contributed by atoms with E-state index in [0.717, 1.165) is 34.4 Å². The van der Waals surface area contributed by atoms with Gasteiger partial charge in [0, 0.05) is 28.1 Å². The van der Waals surface area contributed by atoms with Crippen LogP contribution in [0.1, 0.15) is 21.5 Å². The van der Waals surface area contributed by atoms with E-state index in [1.54, 1.807) is 0 Å². The smallest absolute Gasteiger partial charge is 0.152 e. The van der Waals surface area contributed by atoms with Crippen molar-refractivity contribution in [3.63, 3.8) is 0 Å². The summed E-state index contributed by atoms with van der Waals surface area (Å²) in [6.07, 6.45) is 0.722. The summed E-state index contributed by atoms with van der Waals surface area (Å²) in [4.78, 5) is 14.6. The first kappa shape index (κ1) is 13.5. The first-order chi connectivity index (χ1) is 9.99. The molecule has 0 saturated carbocycles. The summed E-state index contributed by atoms with van der Waals surface area (Å²) >= 11 is 0. The second-order valence-electron chi connectivity index (χ2n) is 5.19. The van der Waals surface area contributed by atoms with Gasteiger partial charge < -0.3 is 4.98 Å². The molecule has 0 bridgehead atoms. The third-order valence-electron chi connectivity index (χ3n) is 3.55. The minimum atomic E-state index is -0.673. The van der Waals surface area contributed by atoms with E-state index in [4.69, 9.17) is 0 Å². The summed E-state index contributed by atoms with van der Waals surface area (Å²) in [5.41, 5.74) is 3.97. The molecule has 106 valence electrons. The molecule has 0 aliphatic carbocycles. The van der Waals surface area contributed by atoms with Crippen LogP contribution in [-0.4, -0.2) is 11.3 Å². The van der Waals surface area contributed by atoms with E-state index in [1.807, 2.05) is 26.0 Å². The highest BCUT2D eigenvalue weighted by molar-refractivity contribution is 6.06. The molecular weight excluding hydrogens is 272 g/mol. The summed E-state index contributed by atoms with van der Waals surface area (Å²) in [6, 6.07) is 7.11. The topological polar surface area (TPSA) is 32.9 Å². The maximum atomic E-state index is 13.4. The number of aromatic amines is 1. The molecule has 0 fully saturated rings. The lowest BCUT2D eigenvalue weighted by atomic mass is 10.0. The van der Waals surface area contributed by atoms with Gasteiger partial charge in [-0.1, -0.05) is 6.07 Å². The van der Waals surface area contributed by atoms with Gasteiger partial charge in [0.15, 0.2) is 6.29 Å². The zero-order chi connectivity index (χ0) is 15.1. The normalized spacial score (nSPS) is 11.0. The Morgan fingerprint density at radius 3 is 2.29 bits per heavy atom. The van der Waals surface area contributed by atoms with Gasteiger partial charge in [0.25, 0.3) is 0 Å². The number of hydrogen-bond donors (Lipinski definition) is 1. The number of benzene rings is 2. The van der Waals surface area contributed by atoms with Gasteiger partial charge in [-0.3, -0.25) is 4.79 Å². The molecular formula is C17H13F2NO. The number of aromatic nitrogens is 1. The van der Waals surface area contributed by atoms with Crippen molar-refractivity contribution < 1.29 is 13.6 Å². The molecule has 1 N–H and O–H groups in total. The molecule has 0 radical (unpaired) electrons. The van der Waals surface area contributed by atoms with Crippen LogP contribution in [0.5, 0.6) is 0 Å². The Bertz CT molecular complexity index is 845. The number of fused-ring (bicyclic) bond motifs is 1. The number of aldehydes is 1. The van der Waals surface area contributed by atoms with Crippen LogP contribution in [0.25, 0.3) is 22.2 Å². The minimum Gasteiger partial charge on any atom is -0.354 e. The third kappa shape index (κ3) is 2.23. The first-order valence-corrected chi connectivity index (χ1v) is 6.54. The van der Waals surface area contributed by atoms with Crippen molar-refractivity contribution in [1.29, 1.82) is 0 Å². The first-order valence-electron chi connectivity index (χ1n) is 6.54. The number of aryl methyl sites for hydroxylation is 2. The molecule has 3 rings (SSSR count). The number of carbonyl (C=O) groups excluding carboxylic acids is 1. The third-order valence-corrected chi connectivity index (χ3v) is 3.55. The Kier molecular flexibility index (Phi) is 3.09. The van der Waals surface area contributed by atoms with Crippen LogP contribution in [0.2, 0.25) is 0 Å². The number of nitrogens with one attached hydrogen (secondary N) is 1. The van der Waals surface area contributed by atoms with Crippen molar-refractivity contribution in [3.05, 3.63) is 58.7 Å². The van der Waals surface area contributed by atoms with E-state index >= 15 is 0 Å². The lowest BCUT2D eigenvalue weighted by Gasteiger charge is -2.01. The maximum absolute atomic E-state index is 13.4. The Labute approximate surface area is 120 Å². The van der Waals surface area contributed by atoms with Gasteiger partial charge in [-0.15, -0.1) is 0 Å². The van der Waals surface area contributed by atoms with Crippen molar-refractivity contribution in [1.82, 2.24) is 4.98 Å². The molecule has 0 aliphatic heterocycles. The summed E-state index contributed by atoms with van der Waals surface area (Å²) < 4.78 is 26.8. The second kappa shape index (κ2) is 4.81. The highest BCUT2D eigenvalue weighted by Crippen LogP contribution is 2.32. The summed E-state index contributed by atoms with van der Waals surface area (Å²) in [7, 11) is 0. The fourth-order valence-electron chi connectivity index (χ4n) is 2.79. The van der Waals surface area contributed by atoms with Gasteiger partial charge in [-0.25, -0.2) is 8.78 Å². The van der Waals surface area contributed by atoms with E-state index in [-0.39, 0.29) is 0 Å². The molecule has 2 aromatic carbocycles. The number of hydrogen-bond acceptors (Lipinski definition) is 1. The predicted molar refractivity (Wildman–Crippen MR) is 78.5 cm³/mol. The quantitative estimate of drug-likeness (QED) is 0.689. The van der Waals surface area contributed by atoms with E-state index in [9.17, 15) is 13.6 Å². The Morgan fingerprint density at radius 1 is 1.00 bits per heavy atom. The molecule has 1 aromatic heterocycles. The summed E-state index contributed by atoms with van der Waals surface area (Å²) in [5.74, 6) is -1.35. The number of carbonyl (C=O) groups is 1. The Morgan fingerprint density at radius 2 is 1.67 bits per heavy atom. The standard InChI is InChI=1S/C17H13F2NO/c1-9-3-10(2)16-14(8-21)17(20-15(16)4-9)11-5-12(18)7-13(19)6-11/h3-8,20H,1-2H3. The van der Waals surface area contributed by atoms with Gasteiger partial charge in [0.1, 0.15) is 11.6 Å². The summed E-state index contributed by atoms with van der Waals surface area (Å²) in [5, 5.41) is 0.787. The molecule has 0 amide bonds. The van der Waals surface area contributed by atoms with E-state index in [0.29, 0.717) is 16.8 Å². The number of H-pyrrole nitrogens is 1. The average Bonchev–Trinajstić information content (AvgIpc) is 2.76. The van der Waals surface area contributed by atoms with Crippen LogP contribution in [0.3, 0.4) is 0 Å². The molecule has 21 heavy (non-hydrogen) atoms. The molecule has 2 nitrogen and oxygen atoms in total. The molecule has 3 aromatic rings.